The van der Waals surface area contributed by atoms with Gasteiger partial charge in [-0.15, -0.1) is 0 Å². The molecule has 2 nitrogen and oxygen atoms in total. The molecule has 3 unspecified atom stereocenters. The van der Waals surface area contributed by atoms with Crippen LogP contribution < -0.4 is 5.32 Å². The topological polar surface area (TPSA) is 21.3 Å². The number of morpholine rings is 1. The maximum atomic E-state index is 6.18. The van der Waals surface area contributed by atoms with Gasteiger partial charge in [0.1, 0.15) is 0 Å². The van der Waals surface area contributed by atoms with E-state index in [0.717, 1.165) is 19.1 Å². The van der Waals surface area contributed by atoms with Gasteiger partial charge in [0.05, 0.1) is 12.2 Å². The summed E-state index contributed by atoms with van der Waals surface area (Å²) in [6.07, 6.45) is 7.82. The van der Waals surface area contributed by atoms with Crippen molar-refractivity contribution >= 4 is 0 Å². The first-order valence-corrected chi connectivity index (χ1v) is 6.64. The summed E-state index contributed by atoms with van der Waals surface area (Å²) < 4.78 is 6.18. The van der Waals surface area contributed by atoms with Crippen LogP contribution >= 0.6 is 0 Å². The van der Waals surface area contributed by atoms with Gasteiger partial charge in [0.15, 0.2) is 0 Å². The minimum atomic E-state index is 0.178. The molecule has 0 aromatic carbocycles. The fourth-order valence-corrected chi connectivity index (χ4v) is 3.29. The molecular formula is C13H25NO. The maximum Gasteiger partial charge on any atom is 0.0835 e. The van der Waals surface area contributed by atoms with Gasteiger partial charge in [-0.2, -0.15) is 0 Å². The Morgan fingerprint density at radius 1 is 1.33 bits per heavy atom. The van der Waals surface area contributed by atoms with Crippen LogP contribution in [0, 0.1) is 5.92 Å². The minimum Gasteiger partial charge on any atom is -0.372 e. The smallest absolute Gasteiger partial charge is 0.0835 e. The molecule has 3 atom stereocenters. The molecule has 1 spiro atoms. The second-order valence-electron chi connectivity index (χ2n) is 5.36. The molecule has 1 N–H and O–H groups in total. The van der Waals surface area contributed by atoms with Crippen molar-refractivity contribution in [2.24, 2.45) is 5.92 Å². The summed E-state index contributed by atoms with van der Waals surface area (Å²) >= 11 is 0. The van der Waals surface area contributed by atoms with E-state index in [1.165, 1.54) is 38.5 Å². The Morgan fingerprint density at radius 2 is 2.20 bits per heavy atom. The van der Waals surface area contributed by atoms with E-state index in [-0.39, 0.29) is 5.60 Å². The largest absolute Gasteiger partial charge is 0.372 e. The van der Waals surface area contributed by atoms with Crippen LogP contribution in [0.5, 0.6) is 0 Å². The lowest BCUT2D eigenvalue weighted by Gasteiger charge is -2.44. The molecule has 0 aromatic rings. The number of nitrogens with one attached hydrogen (secondary N) is 1. The van der Waals surface area contributed by atoms with Crippen molar-refractivity contribution < 1.29 is 4.74 Å². The fourth-order valence-electron chi connectivity index (χ4n) is 3.29. The van der Waals surface area contributed by atoms with Crippen LogP contribution in [0.15, 0.2) is 0 Å². The van der Waals surface area contributed by atoms with Crippen molar-refractivity contribution in [3.05, 3.63) is 0 Å². The zero-order chi connectivity index (χ0) is 10.7. The van der Waals surface area contributed by atoms with Crippen LogP contribution in [0.4, 0.5) is 0 Å². The molecular weight excluding hydrogens is 186 g/mol. The lowest BCUT2D eigenvalue weighted by Crippen LogP contribution is -2.57. The SMILES string of the molecule is CCC1NCCOC12CCCC(C)CC2. The molecule has 2 rings (SSSR count). The Balaban J connectivity index is 2.07. The monoisotopic (exact) mass is 211 g/mol. The van der Waals surface area contributed by atoms with Gasteiger partial charge in [0.25, 0.3) is 0 Å². The third-order valence-electron chi connectivity index (χ3n) is 4.28. The molecule has 0 radical (unpaired) electrons. The summed E-state index contributed by atoms with van der Waals surface area (Å²) in [6.45, 7) is 6.61. The highest BCUT2D eigenvalue weighted by Gasteiger charge is 2.41. The summed E-state index contributed by atoms with van der Waals surface area (Å²) in [6, 6.07) is 0.594. The zero-order valence-corrected chi connectivity index (χ0v) is 10.2. The molecule has 0 bridgehead atoms. The highest BCUT2D eigenvalue weighted by molar-refractivity contribution is 4.96. The molecule has 2 fully saturated rings. The zero-order valence-electron chi connectivity index (χ0n) is 10.2. The minimum absolute atomic E-state index is 0.178. The summed E-state index contributed by atoms with van der Waals surface area (Å²) in [7, 11) is 0. The van der Waals surface area contributed by atoms with Crippen LogP contribution in [0.1, 0.15) is 52.4 Å². The van der Waals surface area contributed by atoms with E-state index in [2.05, 4.69) is 19.2 Å². The normalized spacial score (nSPS) is 42.8. The third kappa shape index (κ3) is 2.36. The molecule has 1 saturated carbocycles. The van der Waals surface area contributed by atoms with Crippen molar-refractivity contribution in [2.45, 2.75) is 64.0 Å². The van der Waals surface area contributed by atoms with Crippen LogP contribution in [0.25, 0.3) is 0 Å². The van der Waals surface area contributed by atoms with Gasteiger partial charge < -0.3 is 10.1 Å². The van der Waals surface area contributed by atoms with E-state index >= 15 is 0 Å². The lowest BCUT2D eigenvalue weighted by atomic mass is 9.83. The fraction of sp³-hybridized carbons (Fsp3) is 1.00. The quantitative estimate of drug-likeness (QED) is 0.720. The second kappa shape index (κ2) is 4.84. The van der Waals surface area contributed by atoms with Crippen LogP contribution in [0.3, 0.4) is 0 Å². The van der Waals surface area contributed by atoms with Gasteiger partial charge in [-0.1, -0.05) is 26.7 Å². The van der Waals surface area contributed by atoms with Crippen LogP contribution in [-0.2, 0) is 4.74 Å². The molecule has 2 aliphatic rings. The predicted molar refractivity (Wildman–Crippen MR) is 63.0 cm³/mol. The number of hydrogen-bond donors (Lipinski definition) is 1. The lowest BCUT2D eigenvalue weighted by molar-refractivity contribution is -0.107. The van der Waals surface area contributed by atoms with Gasteiger partial charge in [-0.05, 0) is 31.6 Å². The molecule has 0 amide bonds. The Labute approximate surface area is 93.8 Å². The van der Waals surface area contributed by atoms with E-state index in [9.17, 15) is 0 Å². The Hall–Kier alpha value is -0.0800. The van der Waals surface area contributed by atoms with Gasteiger partial charge in [-0.25, -0.2) is 0 Å². The first-order chi connectivity index (χ1) is 7.27. The number of ether oxygens (including phenoxy) is 1. The predicted octanol–water partition coefficient (Wildman–Crippen LogP) is 2.72. The summed E-state index contributed by atoms with van der Waals surface area (Å²) in [5.74, 6) is 0.896. The number of rotatable bonds is 1. The van der Waals surface area contributed by atoms with Crippen LogP contribution in [-0.4, -0.2) is 24.8 Å². The van der Waals surface area contributed by atoms with Gasteiger partial charge in [-0.3, -0.25) is 0 Å². The van der Waals surface area contributed by atoms with E-state index in [1.807, 2.05) is 0 Å². The van der Waals surface area contributed by atoms with Crippen molar-refractivity contribution in [2.75, 3.05) is 13.2 Å². The molecule has 1 saturated heterocycles. The standard InChI is InChI=1S/C13H25NO/c1-3-12-13(15-10-9-14-12)7-4-5-11(2)6-8-13/h11-12,14H,3-10H2,1-2H3. The van der Waals surface area contributed by atoms with Crippen molar-refractivity contribution in [1.29, 1.82) is 0 Å². The second-order valence-corrected chi connectivity index (χ2v) is 5.36. The van der Waals surface area contributed by atoms with Crippen LogP contribution in [0.2, 0.25) is 0 Å². The van der Waals surface area contributed by atoms with E-state index in [0.29, 0.717) is 6.04 Å². The maximum absolute atomic E-state index is 6.18. The van der Waals surface area contributed by atoms with Crippen molar-refractivity contribution in [3.8, 4) is 0 Å². The summed E-state index contributed by atoms with van der Waals surface area (Å²) in [4.78, 5) is 0. The highest BCUT2D eigenvalue weighted by Crippen LogP contribution is 2.37. The highest BCUT2D eigenvalue weighted by atomic mass is 16.5. The molecule has 1 aliphatic heterocycles. The van der Waals surface area contributed by atoms with Gasteiger partial charge in [0.2, 0.25) is 0 Å². The Bertz CT molecular complexity index is 207. The summed E-state index contributed by atoms with van der Waals surface area (Å²) in [5, 5.41) is 3.65. The number of hydrogen-bond acceptors (Lipinski definition) is 2. The molecule has 1 aliphatic carbocycles. The Morgan fingerprint density at radius 3 is 3.00 bits per heavy atom. The average molecular weight is 211 g/mol. The first kappa shape index (κ1) is 11.4. The summed E-state index contributed by atoms with van der Waals surface area (Å²) in [5.41, 5.74) is 0.178. The third-order valence-corrected chi connectivity index (χ3v) is 4.28. The first-order valence-electron chi connectivity index (χ1n) is 6.64. The van der Waals surface area contributed by atoms with E-state index in [1.54, 1.807) is 0 Å². The van der Waals surface area contributed by atoms with Crippen molar-refractivity contribution in [3.63, 3.8) is 0 Å². The van der Waals surface area contributed by atoms with Gasteiger partial charge >= 0.3 is 0 Å². The molecule has 88 valence electrons. The van der Waals surface area contributed by atoms with Crippen molar-refractivity contribution in [1.82, 2.24) is 5.32 Å². The van der Waals surface area contributed by atoms with E-state index in [4.69, 9.17) is 4.74 Å². The molecule has 0 aromatic heterocycles. The molecule has 15 heavy (non-hydrogen) atoms. The van der Waals surface area contributed by atoms with E-state index < -0.39 is 0 Å². The molecule has 1 heterocycles. The Kier molecular flexibility index (Phi) is 3.68. The molecule has 2 heteroatoms. The average Bonchev–Trinajstić information content (AvgIpc) is 2.43. The van der Waals surface area contributed by atoms with Gasteiger partial charge in [0, 0.05) is 12.6 Å².